The summed E-state index contributed by atoms with van der Waals surface area (Å²) in [5.74, 6) is -1.09. The van der Waals surface area contributed by atoms with Gasteiger partial charge in [0.1, 0.15) is 22.1 Å². The normalized spacial score (nSPS) is 12.7. The van der Waals surface area contributed by atoms with Crippen molar-refractivity contribution in [3.8, 4) is 0 Å². The number of nitrogens with zero attached hydrogens (tertiary/aromatic N) is 1. The Labute approximate surface area is 105 Å². The summed E-state index contributed by atoms with van der Waals surface area (Å²) in [7, 11) is 0. The maximum atomic E-state index is 13.6. The van der Waals surface area contributed by atoms with Gasteiger partial charge in [0.05, 0.1) is 12.1 Å². The number of hydrogen-bond acceptors (Lipinski definition) is 2. The lowest BCUT2D eigenvalue weighted by molar-refractivity contribution is 0.561. The van der Waals surface area contributed by atoms with Gasteiger partial charge in [-0.3, -0.25) is 0 Å². The molecule has 3 N–H and O–H groups in total. The highest BCUT2D eigenvalue weighted by molar-refractivity contribution is 9.10. The van der Waals surface area contributed by atoms with Crippen molar-refractivity contribution in [3.05, 3.63) is 52.0 Å². The fourth-order valence-corrected chi connectivity index (χ4v) is 1.97. The quantitative estimate of drug-likeness (QED) is 0.915. The molecule has 6 heteroatoms. The number of benzene rings is 1. The summed E-state index contributed by atoms with van der Waals surface area (Å²) in [6.07, 6.45) is 1.57. The predicted octanol–water partition coefficient (Wildman–Crippen LogP) is 2.54. The fraction of sp³-hybridized carbons (Fsp3) is 0.182. The summed E-state index contributed by atoms with van der Waals surface area (Å²) >= 11 is 3.22. The maximum absolute atomic E-state index is 13.6. The molecule has 3 nitrogen and oxygen atoms in total. The van der Waals surface area contributed by atoms with Crippen LogP contribution < -0.4 is 5.73 Å². The molecule has 0 amide bonds. The molecule has 0 saturated heterocycles. The van der Waals surface area contributed by atoms with Gasteiger partial charge in [-0.05, 0) is 27.6 Å². The molecule has 0 saturated carbocycles. The third kappa shape index (κ3) is 2.53. The second-order valence-electron chi connectivity index (χ2n) is 3.57. The Hall–Kier alpha value is -1.27. The van der Waals surface area contributed by atoms with E-state index < -0.39 is 17.6 Å². The van der Waals surface area contributed by atoms with Crippen LogP contribution >= 0.6 is 15.9 Å². The zero-order valence-electron chi connectivity index (χ0n) is 8.75. The lowest BCUT2D eigenvalue weighted by atomic mass is 9.98. The van der Waals surface area contributed by atoms with E-state index in [9.17, 15) is 8.78 Å². The molecule has 0 spiro atoms. The van der Waals surface area contributed by atoms with E-state index in [0.717, 1.165) is 6.07 Å². The van der Waals surface area contributed by atoms with Crippen LogP contribution in [0.5, 0.6) is 0 Å². The Bertz CT molecular complexity index is 527. The standard InChI is InChI=1S/C11H10BrF2N3/c12-10-5-16-11(17-10)8(4-15)7-2-1-6(13)3-9(7)14/h1-3,5,8H,4,15H2,(H,16,17). The van der Waals surface area contributed by atoms with Gasteiger partial charge < -0.3 is 10.7 Å². The van der Waals surface area contributed by atoms with E-state index in [4.69, 9.17) is 5.73 Å². The van der Waals surface area contributed by atoms with Crippen molar-refractivity contribution in [1.82, 2.24) is 9.97 Å². The largest absolute Gasteiger partial charge is 0.336 e. The van der Waals surface area contributed by atoms with Gasteiger partial charge in [-0.25, -0.2) is 13.8 Å². The van der Waals surface area contributed by atoms with Gasteiger partial charge in [0.25, 0.3) is 0 Å². The number of nitrogens with two attached hydrogens (primary N) is 1. The van der Waals surface area contributed by atoms with E-state index >= 15 is 0 Å². The van der Waals surface area contributed by atoms with Gasteiger partial charge in [-0.2, -0.15) is 0 Å². The van der Waals surface area contributed by atoms with Crippen LogP contribution in [0.4, 0.5) is 8.78 Å². The summed E-state index contributed by atoms with van der Waals surface area (Å²) in [5, 5.41) is 0. The van der Waals surface area contributed by atoms with Crippen LogP contribution in [-0.4, -0.2) is 16.5 Å². The highest BCUT2D eigenvalue weighted by atomic mass is 79.9. The first-order valence-corrected chi connectivity index (χ1v) is 5.76. The number of rotatable bonds is 3. The molecule has 0 aliphatic heterocycles. The molecule has 1 aromatic heterocycles. The average Bonchev–Trinajstić information content (AvgIpc) is 2.69. The molecule has 1 unspecified atom stereocenters. The van der Waals surface area contributed by atoms with Crippen LogP contribution in [0.3, 0.4) is 0 Å². The molecule has 0 bridgehead atoms. The number of H-pyrrole nitrogens is 1. The van der Waals surface area contributed by atoms with Crippen LogP contribution in [0.15, 0.2) is 29.0 Å². The molecule has 0 radical (unpaired) electrons. The second kappa shape index (κ2) is 4.93. The molecule has 17 heavy (non-hydrogen) atoms. The summed E-state index contributed by atoms with van der Waals surface area (Å²) < 4.78 is 27.1. The highest BCUT2D eigenvalue weighted by Crippen LogP contribution is 2.25. The minimum absolute atomic E-state index is 0.183. The Morgan fingerprint density at radius 3 is 2.71 bits per heavy atom. The molecule has 1 atom stereocenters. The van der Waals surface area contributed by atoms with Crippen LogP contribution in [0.1, 0.15) is 17.3 Å². The molecule has 1 aromatic carbocycles. The smallest absolute Gasteiger partial charge is 0.130 e. The Balaban J connectivity index is 2.42. The molecule has 90 valence electrons. The summed E-state index contributed by atoms with van der Waals surface area (Å²) in [4.78, 5) is 7.02. The van der Waals surface area contributed by atoms with E-state index in [1.165, 1.54) is 12.1 Å². The Morgan fingerprint density at radius 1 is 1.41 bits per heavy atom. The molecule has 2 aromatic rings. The number of aromatic amines is 1. The van der Waals surface area contributed by atoms with Gasteiger partial charge >= 0.3 is 0 Å². The maximum Gasteiger partial charge on any atom is 0.130 e. The molecule has 1 heterocycles. The summed E-state index contributed by atoms with van der Waals surface area (Å²) in [6.45, 7) is 0.183. The molecule has 2 rings (SSSR count). The molecule has 0 aliphatic rings. The van der Waals surface area contributed by atoms with Crippen LogP contribution in [0.25, 0.3) is 0 Å². The van der Waals surface area contributed by atoms with E-state index in [-0.39, 0.29) is 6.54 Å². The predicted molar refractivity (Wildman–Crippen MR) is 63.5 cm³/mol. The second-order valence-corrected chi connectivity index (χ2v) is 4.42. The van der Waals surface area contributed by atoms with Gasteiger partial charge in [0, 0.05) is 12.6 Å². The van der Waals surface area contributed by atoms with E-state index in [0.29, 0.717) is 16.0 Å². The number of hydrogen-bond donors (Lipinski definition) is 2. The molecule has 0 fully saturated rings. The lowest BCUT2D eigenvalue weighted by Gasteiger charge is -2.13. The first kappa shape index (κ1) is 12.2. The van der Waals surface area contributed by atoms with Gasteiger partial charge in [0.2, 0.25) is 0 Å². The number of imidazole rings is 1. The van der Waals surface area contributed by atoms with Crippen molar-refractivity contribution in [3.63, 3.8) is 0 Å². The topological polar surface area (TPSA) is 54.7 Å². The van der Waals surface area contributed by atoms with Crippen molar-refractivity contribution in [2.45, 2.75) is 5.92 Å². The van der Waals surface area contributed by atoms with Crippen molar-refractivity contribution < 1.29 is 8.78 Å². The molecular weight excluding hydrogens is 292 g/mol. The summed E-state index contributed by atoms with van der Waals surface area (Å²) in [6, 6.07) is 3.44. The number of aromatic nitrogens is 2. The third-order valence-electron chi connectivity index (χ3n) is 2.47. The number of halogens is 3. The third-order valence-corrected chi connectivity index (χ3v) is 2.87. The van der Waals surface area contributed by atoms with Crippen molar-refractivity contribution in [2.24, 2.45) is 5.73 Å². The first-order valence-electron chi connectivity index (χ1n) is 4.97. The van der Waals surface area contributed by atoms with Crippen LogP contribution in [0, 0.1) is 11.6 Å². The molecular formula is C11H10BrF2N3. The number of nitrogens with one attached hydrogen (secondary N) is 1. The lowest BCUT2D eigenvalue weighted by Crippen LogP contribution is -2.16. The Kier molecular flexibility index (Phi) is 3.54. The van der Waals surface area contributed by atoms with Crippen LogP contribution in [-0.2, 0) is 0 Å². The minimum Gasteiger partial charge on any atom is -0.336 e. The SMILES string of the molecule is NCC(c1ncc(Br)[nH]1)c1ccc(F)cc1F. The monoisotopic (exact) mass is 301 g/mol. The van der Waals surface area contributed by atoms with Gasteiger partial charge in [-0.1, -0.05) is 6.07 Å². The molecule has 0 aliphatic carbocycles. The zero-order valence-corrected chi connectivity index (χ0v) is 10.3. The first-order chi connectivity index (χ1) is 8.11. The minimum atomic E-state index is -0.618. The summed E-state index contributed by atoms with van der Waals surface area (Å²) in [5.41, 5.74) is 5.95. The van der Waals surface area contributed by atoms with Crippen LogP contribution in [0.2, 0.25) is 0 Å². The van der Waals surface area contributed by atoms with Gasteiger partial charge in [0.15, 0.2) is 0 Å². The zero-order chi connectivity index (χ0) is 12.4. The van der Waals surface area contributed by atoms with Crippen molar-refractivity contribution in [1.29, 1.82) is 0 Å². The highest BCUT2D eigenvalue weighted by Gasteiger charge is 2.19. The average molecular weight is 302 g/mol. The van der Waals surface area contributed by atoms with E-state index in [1.807, 2.05) is 0 Å². The van der Waals surface area contributed by atoms with Crippen molar-refractivity contribution in [2.75, 3.05) is 6.54 Å². The fourth-order valence-electron chi connectivity index (χ4n) is 1.66. The Morgan fingerprint density at radius 2 is 2.18 bits per heavy atom. The van der Waals surface area contributed by atoms with Crippen molar-refractivity contribution >= 4 is 15.9 Å². The van der Waals surface area contributed by atoms with E-state index in [2.05, 4.69) is 25.9 Å². The van der Waals surface area contributed by atoms with E-state index in [1.54, 1.807) is 6.20 Å². The van der Waals surface area contributed by atoms with Gasteiger partial charge in [-0.15, -0.1) is 0 Å².